The third-order valence-electron chi connectivity index (χ3n) is 5.69. The van der Waals surface area contributed by atoms with Crippen molar-refractivity contribution >= 4 is 23.4 Å². The number of carboxylic acids is 1. The van der Waals surface area contributed by atoms with Crippen molar-refractivity contribution in [3.8, 4) is 0 Å². The number of hydrogen-bond acceptors (Lipinski definition) is 5. The molecule has 2 aromatic carbocycles. The summed E-state index contributed by atoms with van der Waals surface area (Å²) in [5.41, 5.74) is 2.51. The molecule has 0 aliphatic carbocycles. The number of amides is 1. The van der Waals surface area contributed by atoms with Crippen LogP contribution in [0.2, 0.25) is 0 Å². The van der Waals surface area contributed by atoms with E-state index in [4.69, 9.17) is 0 Å². The average Bonchev–Trinajstić information content (AvgIpc) is 2.81. The summed E-state index contributed by atoms with van der Waals surface area (Å²) >= 11 is 0. The predicted molar refractivity (Wildman–Crippen MR) is 124 cm³/mol. The lowest BCUT2D eigenvalue weighted by molar-refractivity contribution is 0.0696. The van der Waals surface area contributed by atoms with E-state index in [1.807, 2.05) is 30.0 Å². The lowest BCUT2D eigenvalue weighted by atomic mass is 10.1. The topological polar surface area (TPSA) is 85.8 Å². The van der Waals surface area contributed by atoms with Crippen molar-refractivity contribution in [3.63, 3.8) is 0 Å². The number of benzene rings is 2. The molecule has 1 aliphatic rings. The molecule has 33 heavy (non-hydrogen) atoms. The summed E-state index contributed by atoms with van der Waals surface area (Å²) in [6.45, 7) is 4.88. The van der Waals surface area contributed by atoms with E-state index in [0.29, 0.717) is 55.4 Å². The number of aromatic nitrogens is 1. The first-order valence-electron chi connectivity index (χ1n) is 10.7. The molecule has 0 unspecified atom stereocenters. The van der Waals surface area contributed by atoms with Gasteiger partial charge in [-0.2, -0.15) is 0 Å². The number of nitrogens with zero attached hydrogens (tertiary/aromatic N) is 3. The summed E-state index contributed by atoms with van der Waals surface area (Å²) < 4.78 is 13.9. The molecule has 170 valence electrons. The monoisotopic (exact) mass is 448 g/mol. The van der Waals surface area contributed by atoms with E-state index in [0.717, 1.165) is 5.56 Å². The molecule has 8 heteroatoms. The Morgan fingerprint density at radius 2 is 1.76 bits per heavy atom. The molecule has 1 amide bonds. The van der Waals surface area contributed by atoms with Crippen LogP contribution in [-0.4, -0.2) is 53.0 Å². The second-order valence-corrected chi connectivity index (χ2v) is 8.08. The number of carbonyl (C=O) groups excluding carboxylic acids is 1. The molecule has 0 saturated carbocycles. The SMILES string of the molecule is Cc1ccc(C(=O)Nc2cnc(N3CCN(Cc4ccccc4F)CC3)c(C(=O)O)c2)cc1. The van der Waals surface area contributed by atoms with Crippen LogP contribution in [0, 0.1) is 12.7 Å². The summed E-state index contributed by atoms with van der Waals surface area (Å²) in [7, 11) is 0. The molecule has 0 spiro atoms. The van der Waals surface area contributed by atoms with Crippen molar-refractivity contribution in [1.82, 2.24) is 9.88 Å². The molecule has 0 bridgehead atoms. The maximum absolute atomic E-state index is 13.9. The summed E-state index contributed by atoms with van der Waals surface area (Å²) in [4.78, 5) is 32.8. The molecule has 1 aromatic heterocycles. The van der Waals surface area contributed by atoms with Gasteiger partial charge in [0.05, 0.1) is 11.9 Å². The molecule has 4 rings (SSSR count). The quantitative estimate of drug-likeness (QED) is 0.597. The maximum Gasteiger partial charge on any atom is 0.339 e. The number of anilines is 2. The summed E-state index contributed by atoms with van der Waals surface area (Å²) in [5.74, 6) is -1.31. The Morgan fingerprint density at radius 1 is 1.06 bits per heavy atom. The Labute approximate surface area is 191 Å². The van der Waals surface area contributed by atoms with Crippen LogP contribution < -0.4 is 10.2 Å². The van der Waals surface area contributed by atoms with Crippen molar-refractivity contribution in [3.05, 3.63) is 88.9 Å². The van der Waals surface area contributed by atoms with Crippen LogP contribution in [0.5, 0.6) is 0 Å². The molecular weight excluding hydrogens is 423 g/mol. The largest absolute Gasteiger partial charge is 0.478 e. The van der Waals surface area contributed by atoms with E-state index in [1.54, 1.807) is 24.3 Å². The molecular formula is C25H25FN4O3. The number of piperazine rings is 1. The van der Waals surface area contributed by atoms with Gasteiger partial charge in [0.15, 0.2) is 0 Å². The van der Waals surface area contributed by atoms with Crippen molar-refractivity contribution in [2.75, 3.05) is 36.4 Å². The molecule has 1 aliphatic heterocycles. The number of aromatic carboxylic acids is 1. The minimum Gasteiger partial charge on any atom is -0.478 e. The molecule has 2 heterocycles. The number of carbonyl (C=O) groups is 2. The molecule has 0 radical (unpaired) electrons. The Morgan fingerprint density at radius 3 is 2.42 bits per heavy atom. The van der Waals surface area contributed by atoms with Crippen molar-refractivity contribution in [2.45, 2.75) is 13.5 Å². The van der Waals surface area contributed by atoms with Gasteiger partial charge in [0.25, 0.3) is 5.91 Å². The minimum absolute atomic E-state index is 0.0271. The fraction of sp³-hybridized carbons (Fsp3) is 0.240. The number of carboxylic acid groups (broad SMARTS) is 1. The maximum atomic E-state index is 13.9. The van der Waals surface area contributed by atoms with E-state index < -0.39 is 5.97 Å². The zero-order chi connectivity index (χ0) is 23.4. The van der Waals surface area contributed by atoms with Crippen LogP contribution >= 0.6 is 0 Å². The van der Waals surface area contributed by atoms with Gasteiger partial charge in [-0.25, -0.2) is 14.2 Å². The Bertz CT molecular complexity index is 1160. The third-order valence-corrected chi connectivity index (χ3v) is 5.69. The number of hydrogen-bond donors (Lipinski definition) is 2. The highest BCUT2D eigenvalue weighted by Crippen LogP contribution is 2.24. The number of pyridine rings is 1. The van der Waals surface area contributed by atoms with Gasteiger partial charge < -0.3 is 15.3 Å². The highest BCUT2D eigenvalue weighted by atomic mass is 19.1. The molecule has 3 aromatic rings. The summed E-state index contributed by atoms with van der Waals surface area (Å²) in [6, 6.07) is 15.2. The summed E-state index contributed by atoms with van der Waals surface area (Å²) in [6.07, 6.45) is 1.47. The van der Waals surface area contributed by atoms with Crippen LogP contribution in [0.3, 0.4) is 0 Å². The molecule has 1 saturated heterocycles. The van der Waals surface area contributed by atoms with Gasteiger partial charge in [0.1, 0.15) is 17.2 Å². The first-order valence-corrected chi connectivity index (χ1v) is 10.7. The smallest absolute Gasteiger partial charge is 0.339 e. The van der Waals surface area contributed by atoms with Gasteiger partial charge in [-0.15, -0.1) is 0 Å². The van der Waals surface area contributed by atoms with Crippen molar-refractivity contribution < 1.29 is 19.1 Å². The second-order valence-electron chi connectivity index (χ2n) is 8.08. The lowest BCUT2D eigenvalue weighted by Gasteiger charge is -2.36. The van der Waals surface area contributed by atoms with Crippen LogP contribution in [0.1, 0.15) is 31.8 Å². The van der Waals surface area contributed by atoms with E-state index >= 15 is 0 Å². The number of halogens is 1. The zero-order valence-electron chi connectivity index (χ0n) is 18.3. The predicted octanol–water partition coefficient (Wildman–Crippen LogP) is 3.80. The van der Waals surface area contributed by atoms with Crippen molar-refractivity contribution in [2.24, 2.45) is 0 Å². The summed E-state index contributed by atoms with van der Waals surface area (Å²) in [5, 5.41) is 12.5. The molecule has 1 fully saturated rings. The van der Waals surface area contributed by atoms with Crippen molar-refractivity contribution in [1.29, 1.82) is 0 Å². The van der Waals surface area contributed by atoms with Gasteiger partial charge in [-0.1, -0.05) is 35.9 Å². The fourth-order valence-electron chi connectivity index (χ4n) is 3.83. The standard InChI is InChI=1S/C25H25FN4O3/c1-17-6-8-18(9-7-17)24(31)28-20-14-21(25(32)33)23(27-15-20)30-12-10-29(11-13-30)16-19-4-2-3-5-22(19)26/h2-9,14-15H,10-13,16H2,1H3,(H,28,31)(H,32,33). The van der Waals surface area contributed by atoms with Gasteiger partial charge >= 0.3 is 5.97 Å². The molecule has 0 atom stereocenters. The van der Waals surface area contributed by atoms with Gasteiger partial charge in [-0.3, -0.25) is 9.69 Å². The minimum atomic E-state index is -1.11. The van der Waals surface area contributed by atoms with Gasteiger partial charge in [0.2, 0.25) is 0 Å². The molecule has 7 nitrogen and oxygen atoms in total. The van der Waals surface area contributed by atoms with E-state index in [-0.39, 0.29) is 17.3 Å². The fourth-order valence-corrected chi connectivity index (χ4v) is 3.83. The van der Waals surface area contributed by atoms with Crippen LogP contribution in [-0.2, 0) is 6.54 Å². The highest BCUT2D eigenvalue weighted by molar-refractivity contribution is 6.05. The number of rotatable bonds is 6. The average molecular weight is 448 g/mol. The van der Waals surface area contributed by atoms with E-state index in [9.17, 15) is 19.1 Å². The first-order chi connectivity index (χ1) is 15.9. The zero-order valence-corrected chi connectivity index (χ0v) is 18.3. The van der Waals surface area contributed by atoms with Crippen LogP contribution in [0.25, 0.3) is 0 Å². The lowest BCUT2D eigenvalue weighted by Crippen LogP contribution is -2.46. The van der Waals surface area contributed by atoms with Crippen LogP contribution in [0.4, 0.5) is 15.9 Å². The van der Waals surface area contributed by atoms with E-state index in [1.165, 1.54) is 18.3 Å². The molecule has 2 N–H and O–H groups in total. The highest BCUT2D eigenvalue weighted by Gasteiger charge is 2.24. The number of aryl methyl sites for hydroxylation is 1. The Hall–Kier alpha value is -3.78. The number of nitrogens with one attached hydrogen (secondary N) is 1. The third kappa shape index (κ3) is 5.35. The first kappa shape index (κ1) is 22.4. The Kier molecular flexibility index (Phi) is 6.65. The Balaban J connectivity index is 1.44. The van der Waals surface area contributed by atoms with Gasteiger partial charge in [-0.05, 0) is 31.2 Å². The van der Waals surface area contributed by atoms with Gasteiger partial charge in [0, 0.05) is 43.9 Å². The van der Waals surface area contributed by atoms with E-state index in [2.05, 4.69) is 15.2 Å². The normalized spacial score (nSPS) is 14.2. The van der Waals surface area contributed by atoms with Crippen LogP contribution in [0.15, 0.2) is 60.8 Å². The second kappa shape index (κ2) is 9.79.